The topological polar surface area (TPSA) is 46.5 Å². The van der Waals surface area contributed by atoms with Gasteiger partial charge in [0.15, 0.2) is 0 Å². The number of hydrogen-bond acceptors (Lipinski definition) is 2. The molecule has 0 saturated heterocycles. The Balaban J connectivity index is 2.12. The molecule has 3 rings (SSSR count). The first-order valence-electron chi connectivity index (χ1n) is 8.06. The minimum Gasteiger partial charge on any atom is -0.497 e. The van der Waals surface area contributed by atoms with Crippen LogP contribution in [-0.4, -0.2) is 18.2 Å². The fraction of sp³-hybridized carbons (Fsp3) is 0.190. The van der Waals surface area contributed by atoms with Gasteiger partial charge in [0.1, 0.15) is 11.6 Å². The van der Waals surface area contributed by atoms with E-state index in [0.29, 0.717) is 12.2 Å². The number of benzene rings is 3. The van der Waals surface area contributed by atoms with Crippen LogP contribution in [0.25, 0.3) is 10.8 Å². The lowest BCUT2D eigenvalue weighted by molar-refractivity contribution is -0.138. The number of hydrogen-bond donors (Lipinski definition) is 1. The van der Waals surface area contributed by atoms with E-state index in [1.807, 2.05) is 30.3 Å². The molecule has 0 fully saturated rings. The van der Waals surface area contributed by atoms with Crippen molar-refractivity contribution in [2.45, 2.75) is 19.3 Å². The summed E-state index contributed by atoms with van der Waals surface area (Å²) in [5, 5.41) is 11.2. The number of carboxylic acids is 1. The summed E-state index contributed by atoms with van der Waals surface area (Å²) in [5.74, 6) is -1.06. The van der Waals surface area contributed by atoms with E-state index in [-0.39, 0.29) is 5.82 Å². The largest absolute Gasteiger partial charge is 0.497 e. The lowest BCUT2D eigenvalue weighted by atomic mass is 9.90. The minimum atomic E-state index is -0.865. The fourth-order valence-corrected chi connectivity index (χ4v) is 3.03. The van der Waals surface area contributed by atoms with Crippen molar-refractivity contribution in [2.24, 2.45) is 0 Å². The monoisotopic (exact) mass is 338 g/mol. The van der Waals surface area contributed by atoms with Gasteiger partial charge in [-0.25, -0.2) is 4.39 Å². The summed E-state index contributed by atoms with van der Waals surface area (Å²) in [6, 6.07) is 15.9. The quantitative estimate of drug-likeness (QED) is 0.729. The van der Waals surface area contributed by atoms with Crippen LogP contribution in [0.2, 0.25) is 0 Å². The summed E-state index contributed by atoms with van der Waals surface area (Å²) < 4.78 is 18.4. The third-order valence-electron chi connectivity index (χ3n) is 4.49. The number of ether oxygens (including phenoxy) is 1. The predicted octanol–water partition coefficient (Wildman–Crippen LogP) is 4.77. The summed E-state index contributed by atoms with van der Waals surface area (Å²) in [6.45, 7) is 1.68. The van der Waals surface area contributed by atoms with Crippen LogP contribution >= 0.6 is 0 Å². The van der Waals surface area contributed by atoms with Gasteiger partial charge in [0.25, 0.3) is 0 Å². The zero-order valence-electron chi connectivity index (χ0n) is 14.1. The predicted molar refractivity (Wildman–Crippen MR) is 95.8 cm³/mol. The Labute approximate surface area is 145 Å². The van der Waals surface area contributed by atoms with Crippen molar-refractivity contribution in [3.8, 4) is 5.75 Å². The minimum absolute atomic E-state index is 0.260. The third kappa shape index (κ3) is 3.48. The lowest BCUT2D eigenvalue weighted by Crippen LogP contribution is -2.08. The van der Waals surface area contributed by atoms with Crippen LogP contribution in [0.15, 0.2) is 54.6 Å². The van der Waals surface area contributed by atoms with Crippen LogP contribution in [0, 0.1) is 5.82 Å². The smallest absolute Gasteiger partial charge is 0.310 e. The molecule has 128 valence electrons. The Morgan fingerprint density at radius 2 is 1.80 bits per heavy atom. The highest BCUT2D eigenvalue weighted by atomic mass is 19.1. The molecule has 3 aromatic carbocycles. The number of rotatable bonds is 5. The van der Waals surface area contributed by atoms with Crippen LogP contribution < -0.4 is 4.74 Å². The average Bonchev–Trinajstić information content (AvgIpc) is 2.62. The van der Waals surface area contributed by atoms with Crippen molar-refractivity contribution >= 4 is 16.7 Å². The van der Waals surface area contributed by atoms with E-state index in [1.165, 1.54) is 12.1 Å². The molecule has 1 N–H and O–H groups in total. The molecule has 3 aromatic rings. The number of methoxy groups -OCH3 is 1. The van der Waals surface area contributed by atoms with Gasteiger partial charge in [-0.3, -0.25) is 4.79 Å². The number of carbonyl (C=O) groups is 1. The first-order chi connectivity index (χ1) is 12.0. The second-order valence-electron chi connectivity index (χ2n) is 6.09. The highest BCUT2D eigenvalue weighted by Gasteiger charge is 2.18. The van der Waals surface area contributed by atoms with E-state index in [0.717, 1.165) is 27.5 Å². The SMILES string of the molecule is COc1ccc2c(Cc3ccc(F)cc3)ccc(C(C)C(=O)O)c2c1. The Bertz CT molecular complexity index is 916. The molecule has 0 aliphatic heterocycles. The van der Waals surface area contributed by atoms with E-state index in [4.69, 9.17) is 4.74 Å². The van der Waals surface area contributed by atoms with Gasteiger partial charge in [0.05, 0.1) is 13.0 Å². The van der Waals surface area contributed by atoms with Crippen molar-refractivity contribution in [1.82, 2.24) is 0 Å². The maximum atomic E-state index is 13.1. The Morgan fingerprint density at radius 1 is 1.08 bits per heavy atom. The van der Waals surface area contributed by atoms with Crippen molar-refractivity contribution in [1.29, 1.82) is 0 Å². The third-order valence-corrected chi connectivity index (χ3v) is 4.49. The van der Waals surface area contributed by atoms with Gasteiger partial charge in [-0.1, -0.05) is 30.3 Å². The molecular weight excluding hydrogens is 319 g/mol. The second kappa shape index (κ2) is 6.93. The van der Waals surface area contributed by atoms with Gasteiger partial charge in [0.2, 0.25) is 0 Å². The summed E-state index contributed by atoms with van der Waals surface area (Å²) in [7, 11) is 1.59. The van der Waals surface area contributed by atoms with E-state index < -0.39 is 11.9 Å². The summed E-state index contributed by atoms with van der Waals surface area (Å²) in [6.07, 6.45) is 0.644. The summed E-state index contributed by atoms with van der Waals surface area (Å²) >= 11 is 0. The van der Waals surface area contributed by atoms with Gasteiger partial charge in [-0.05, 0) is 65.1 Å². The normalized spacial score (nSPS) is 12.1. The molecule has 25 heavy (non-hydrogen) atoms. The maximum absolute atomic E-state index is 13.1. The molecular formula is C21H19FO3. The molecule has 0 bridgehead atoms. The van der Waals surface area contributed by atoms with Crippen LogP contribution in [0.3, 0.4) is 0 Å². The molecule has 0 radical (unpaired) electrons. The number of halogens is 1. The van der Waals surface area contributed by atoms with Crippen molar-refractivity contribution in [3.05, 3.63) is 77.1 Å². The molecule has 0 saturated carbocycles. The second-order valence-corrected chi connectivity index (χ2v) is 6.09. The summed E-state index contributed by atoms with van der Waals surface area (Å²) in [5.41, 5.74) is 2.81. The summed E-state index contributed by atoms with van der Waals surface area (Å²) in [4.78, 5) is 11.4. The standard InChI is InChI=1S/C21H19FO3/c1-13(21(23)24)18-9-5-15(11-14-3-6-16(22)7-4-14)19-10-8-17(25-2)12-20(18)19/h3-10,12-13H,11H2,1-2H3,(H,23,24). The highest BCUT2D eigenvalue weighted by Crippen LogP contribution is 2.32. The molecule has 0 aliphatic carbocycles. The van der Waals surface area contributed by atoms with Crippen molar-refractivity contribution in [2.75, 3.05) is 7.11 Å². The van der Waals surface area contributed by atoms with Crippen LogP contribution in [0.1, 0.15) is 29.5 Å². The molecule has 1 unspecified atom stereocenters. The van der Waals surface area contributed by atoms with Crippen LogP contribution in [0.5, 0.6) is 5.75 Å². The molecule has 4 heteroatoms. The number of carboxylic acid groups (broad SMARTS) is 1. The van der Waals surface area contributed by atoms with E-state index in [9.17, 15) is 14.3 Å². The maximum Gasteiger partial charge on any atom is 0.310 e. The first-order valence-corrected chi connectivity index (χ1v) is 8.06. The molecule has 1 atom stereocenters. The number of fused-ring (bicyclic) bond motifs is 1. The zero-order chi connectivity index (χ0) is 18.0. The van der Waals surface area contributed by atoms with E-state index in [2.05, 4.69) is 0 Å². The van der Waals surface area contributed by atoms with Crippen LogP contribution in [0.4, 0.5) is 4.39 Å². The van der Waals surface area contributed by atoms with Gasteiger partial charge in [0, 0.05) is 0 Å². The molecule has 0 amide bonds. The van der Waals surface area contributed by atoms with Crippen molar-refractivity contribution in [3.63, 3.8) is 0 Å². The Kier molecular flexibility index (Phi) is 4.70. The molecule has 0 heterocycles. The zero-order valence-corrected chi connectivity index (χ0v) is 14.1. The number of aliphatic carboxylic acids is 1. The van der Waals surface area contributed by atoms with Gasteiger partial charge < -0.3 is 9.84 Å². The van der Waals surface area contributed by atoms with E-state index in [1.54, 1.807) is 26.2 Å². The van der Waals surface area contributed by atoms with Gasteiger partial charge >= 0.3 is 5.97 Å². The lowest BCUT2D eigenvalue weighted by Gasteiger charge is -2.15. The highest BCUT2D eigenvalue weighted by molar-refractivity contribution is 5.93. The first kappa shape index (κ1) is 17.0. The molecule has 0 spiro atoms. The van der Waals surface area contributed by atoms with Crippen molar-refractivity contribution < 1.29 is 19.0 Å². The molecule has 0 aliphatic rings. The van der Waals surface area contributed by atoms with Gasteiger partial charge in [-0.2, -0.15) is 0 Å². The van der Waals surface area contributed by atoms with Crippen LogP contribution in [-0.2, 0) is 11.2 Å². The van der Waals surface area contributed by atoms with E-state index >= 15 is 0 Å². The molecule has 0 aromatic heterocycles. The Hall–Kier alpha value is -2.88. The Morgan fingerprint density at radius 3 is 2.44 bits per heavy atom. The fourth-order valence-electron chi connectivity index (χ4n) is 3.03. The van der Waals surface area contributed by atoms with Gasteiger partial charge in [-0.15, -0.1) is 0 Å². The molecule has 3 nitrogen and oxygen atoms in total. The average molecular weight is 338 g/mol.